The molecule has 0 radical (unpaired) electrons. The number of hydrogen-bond donors (Lipinski definition) is 1. The van der Waals surface area contributed by atoms with Crippen molar-refractivity contribution < 1.29 is 24.5 Å². The summed E-state index contributed by atoms with van der Waals surface area (Å²) in [4.78, 5) is 38.9. The first-order chi connectivity index (χ1) is 9.67. The second-order valence-electron chi connectivity index (χ2n) is 4.33. The Labute approximate surface area is 116 Å². The topological polar surface area (TPSA) is 83.9 Å². The van der Waals surface area contributed by atoms with E-state index in [9.17, 15) is 14.4 Å². The SMILES string of the molecule is CCCCC(C(=O)OO)(c1ccccc1)N(C=O)C=O. The molecule has 2 amide bonds. The minimum Gasteiger partial charge on any atom is -0.298 e. The molecule has 1 aromatic rings. The minimum absolute atomic E-state index is 0.171. The van der Waals surface area contributed by atoms with E-state index < -0.39 is 11.5 Å². The summed E-state index contributed by atoms with van der Waals surface area (Å²) in [6.45, 7) is 1.91. The highest BCUT2D eigenvalue weighted by Crippen LogP contribution is 2.33. The van der Waals surface area contributed by atoms with Crippen molar-refractivity contribution >= 4 is 18.8 Å². The van der Waals surface area contributed by atoms with Crippen LogP contribution in [0.2, 0.25) is 0 Å². The van der Waals surface area contributed by atoms with Crippen LogP contribution in [0.15, 0.2) is 30.3 Å². The second-order valence-corrected chi connectivity index (χ2v) is 4.33. The van der Waals surface area contributed by atoms with E-state index in [0.29, 0.717) is 16.9 Å². The quantitative estimate of drug-likeness (QED) is 0.445. The lowest BCUT2D eigenvalue weighted by Crippen LogP contribution is -2.51. The average molecular weight is 279 g/mol. The third-order valence-corrected chi connectivity index (χ3v) is 3.23. The summed E-state index contributed by atoms with van der Waals surface area (Å²) in [6.07, 6.45) is 2.00. The largest absolute Gasteiger partial charge is 0.372 e. The number of imide groups is 1. The van der Waals surface area contributed by atoms with Gasteiger partial charge in [-0.1, -0.05) is 50.1 Å². The molecule has 0 aliphatic carbocycles. The molecule has 6 nitrogen and oxygen atoms in total. The van der Waals surface area contributed by atoms with Gasteiger partial charge >= 0.3 is 5.97 Å². The number of benzene rings is 1. The highest BCUT2D eigenvalue weighted by molar-refractivity contribution is 5.89. The van der Waals surface area contributed by atoms with Crippen LogP contribution in [0, 0.1) is 0 Å². The van der Waals surface area contributed by atoms with E-state index in [1.807, 2.05) is 6.92 Å². The summed E-state index contributed by atoms with van der Waals surface area (Å²) in [7, 11) is 0. The Hall–Kier alpha value is -2.21. The molecular weight excluding hydrogens is 262 g/mol. The van der Waals surface area contributed by atoms with Crippen molar-refractivity contribution in [1.29, 1.82) is 0 Å². The zero-order chi connectivity index (χ0) is 15.0. The Balaban J connectivity index is 3.43. The molecule has 6 heteroatoms. The summed E-state index contributed by atoms with van der Waals surface area (Å²) >= 11 is 0. The Morgan fingerprint density at radius 3 is 2.35 bits per heavy atom. The van der Waals surface area contributed by atoms with Crippen LogP contribution in [-0.2, 0) is 24.8 Å². The molecule has 108 valence electrons. The number of carbonyl (C=O) groups excluding carboxylic acids is 3. The lowest BCUT2D eigenvalue weighted by atomic mass is 9.83. The molecule has 0 spiro atoms. The molecule has 0 aliphatic heterocycles. The normalized spacial score (nSPS) is 13.1. The smallest absolute Gasteiger partial charge is 0.298 e. The van der Waals surface area contributed by atoms with Gasteiger partial charge < -0.3 is 0 Å². The van der Waals surface area contributed by atoms with Crippen molar-refractivity contribution in [3.8, 4) is 0 Å². The minimum atomic E-state index is -1.64. The number of carbonyl (C=O) groups is 3. The first kappa shape index (κ1) is 15.8. The molecule has 20 heavy (non-hydrogen) atoms. The predicted molar refractivity (Wildman–Crippen MR) is 70.3 cm³/mol. The van der Waals surface area contributed by atoms with Crippen molar-refractivity contribution in [3.63, 3.8) is 0 Å². The van der Waals surface area contributed by atoms with Gasteiger partial charge in [0.15, 0.2) is 5.54 Å². The lowest BCUT2D eigenvalue weighted by Gasteiger charge is -2.35. The van der Waals surface area contributed by atoms with Crippen molar-refractivity contribution in [1.82, 2.24) is 4.90 Å². The predicted octanol–water partition coefficient (Wildman–Crippen LogP) is 1.70. The molecule has 1 rings (SSSR count). The number of amides is 2. The molecule has 0 aliphatic rings. The fourth-order valence-electron chi connectivity index (χ4n) is 2.17. The van der Waals surface area contributed by atoms with Crippen molar-refractivity contribution in [3.05, 3.63) is 35.9 Å². The van der Waals surface area contributed by atoms with Gasteiger partial charge in [-0.2, -0.15) is 5.26 Å². The first-order valence-electron chi connectivity index (χ1n) is 6.27. The van der Waals surface area contributed by atoms with Crippen LogP contribution in [0.1, 0.15) is 31.7 Å². The van der Waals surface area contributed by atoms with Gasteiger partial charge in [0.1, 0.15) is 0 Å². The number of hydrogen-bond acceptors (Lipinski definition) is 5. The van der Waals surface area contributed by atoms with Crippen LogP contribution in [0.4, 0.5) is 0 Å². The summed E-state index contributed by atoms with van der Waals surface area (Å²) in [5.41, 5.74) is -1.23. The zero-order valence-electron chi connectivity index (χ0n) is 11.2. The number of nitrogens with zero attached hydrogens (tertiary/aromatic N) is 1. The molecule has 0 fully saturated rings. The Kier molecular flexibility index (Phi) is 5.86. The van der Waals surface area contributed by atoms with Gasteiger partial charge in [0.25, 0.3) is 0 Å². The first-order valence-corrected chi connectivity index (χ1v) is 6.27. The van der Waals surface area contributed by atoms with Gasteiger partial charge in [0.05, 0.1) is 0 Å². The Morgan fingerprint density at radius 2 is 1.90 bits per heavy atom. The molecule has 0 saturated carbocycles. The monoisotopic (exact) mass is 279 g/mol. The van der Waals surface area contributed by atoms with Crippen LogP contribution in [0.25, 0.3) is 0 Å². The summed E-state index contributed by atoms with van der Waals surface area (Å²) in [5, 5.41) is 8.76. The van der Waals surface area contributed by atoms with E-state index >= 15 is 0 Å². The van der Waals surface area contributed by atoms with E-state index in [1.54, 1.807) is 30.3 Å². The van der Waals surface area contributed by atoms with E-state index in [1.165, 1.54) is 0 Å². The maximum absolute atomic E-state index is 12.1. The molecule has 1 unspecified atom stereocenters. The average Bonchev–Trinajstić information content (AvgIpc) is 2.51. The molecule has 0 saturated heterocycles. The van der Waals surface area contributed by atoms with Crippen LogP contribution >= 0.6 is 0 Å². The van der Waals surface area contributed by atoms with Crippen molar-refractivity contribution in [2.45, 2.75) is 31.7 Å². The van der Waals surface area contributed by atoms with E-state index in [2.05, 4.69) is 4.89 Å². The van der Waals surface area contributed by atoms with E-state index in [4.69, 9.17) is 5.26 Å². The van der Waals surface area contributed by atoms with E-state index in [0.717, 1.165) is 6.42 Å². The van der Waals surface area contributed by atoms with Crippen molar-refractivity contribution in [2.24, 2.45) is 0 Å². The molecular formula is C14H17NO5. The maximum Gasteiger partial charge on any atom is 0.372 e. The molecule has 1 atom stereocenters. The molecule has 0 heterocycles. The highest BCUT2D eigenvalue weighted by atomic mass is 17.1. The van der Waals surface area contributed by atoms with Crippen LogP contribution in [0.3, 0.4) is 0 Å². The lowest BCUT2D eigenvalue weighted by molar-refractivity contribution is -0.246. The number of rotatable bonds is 8. The summed E-state index contributed by atoms with van der Waals surface area (Å²) < 4.78 is 0. The van der Waals surface area contributed by atoms with Gasteiger partial charge in [-0.3, -0.25) is 19.4 Å². The highest BCUT2D eigenvalue weighted by Gasteiger charge is 2.47. The Bertz CT molecular complexity index is 454. The molecule has 0 aromatic heterocycles. The van der Waals surface area contributed by atoms with E-state index in [-0.39, 0.29) is 19.2 Å². The maximum atomic E-state index is 12.1. The third kappa shape index (κ3) is 2.85. The van der Waals surface area contributed by atoms with Gasteiger partial charge in [0.2, 0.25) is 12.8 Å². The molecule has 0 bridgehead atoms. The summed E-state index contributed by atoms with van der Waals surface area (Å²) in [6, 6.07) is 8.30. The molecule has 1 N–H and O–H groups in total. The fourth-order valence-corrected chi connectivity index (χ4v) is 2.17. The van der Waals surface area contributed by atoms with Crippen LogP contribution in [-0.4, -0.2) is 28.9 Å². The standard InChI is InChI=1S/C14H17NO5/c1-2-3-9-14(13(18)20-19,15(10-16)11-17)12-7-5-4-6-8-12/h4-8,10-11,19H,2-3,9H2,1H3. The van der Waals surface area contributed by atoms with Gasteiger partial charge in [0, 0.05) is 0 Å². The van der Waals surface area contributed by atoms with Crippen LogP contribution < -0.4 is 0 Å². The summed E-state index contributed by atoms with van der Waals surface area (Å²) in [5.74, 6) is -1.06. The van der Waals surface area contributed by atoms with Gasteiger partial charge in [-0.15, -0.1) is 0 Å². The zero-order valence-corrected chi connectivity index (χ0v) is 11.2. The molecule has 1 aromatic carbocycles. The second kappa shape index (κ2) is 7.40. The Morgan fingerprint density at radius 1 is 1.30 bits per heavy atom. The number of unbranched alkanes of at least 4 members (excludes halogenated alkanes) is 1. The third-order valence-electron chi connectivity index (χ3n) is 3.23. The van der Waals surface area contributed by atoms with Crippen molar-refractivity contribution in [2.75, 3.05) is 0 Å². The fraction of sp³-hybridized carbons (Fsp3) is 0.357. The van der Waals surface area contributed by atoms with Crippen LogP contribution in [0.5, 0.6) is 0 Å². The van der Waals surface area contributed by atoms with Gasteiger partial charge in [-0.05, 0) is 12.0 Å². The van der Waals surface area contributed by atoms with Gasteiger partial charge in [-0.25, -0.2) is 4.79 Å².